The summed E-state index contributed by atoms with van der Waals surface area (Å²) in [5.74, 6) is -0.590. The first-order chi connectivity index (χ1) is 9.90. The van der Waals surface area contributed by atoms with Crippen LogP contribution in [-0.4, -0.2) is 21.7 Å². The van der Waals surface area contributed by atoms with Crippen molar-refractivity contribution in [2.24, 2.45) is 0 Å². The number of aromatic nitrogens is 1. The molecule has 5 heteroatoms. The average Bonchev–Trinajstić information content (AvgIpc) is 2.37. The van der Waals surface area contributed by atoms with E-state index < -0.39 is 11.5 Å². The molecule has 0 bridgehead atoms. The molecule has 1 heterocycles. The van der Waals surface area contributed by atoms with E-state index >= 15 is 0 Å². The van der Waals surface area contributed by atoms with Crippen LogP contribution < -0.4 is 10.3 Å². The van der Waals surface area contributed by atoms with Crippen LogP contribution in [0.5, 0.6) is 5.75 Å². The molecule has 0 aliphatic rings. The molecule has 1 N–H and O–H groups in total. The van der Waals surface area contributed by atoms with Crippen LogP contribution in [0.3, 0.4) is 0 Å². The maximum atomic E-state index is 12.3. The van der Waals surface area contributed by atoms with Crippen molar-refractivity contribution in [1.82, 2.24) is 4.57 Å². The topological polar surface area (TPSA) is 68.5 Å². The quantitative estimate of drug-likeness (QED) is 0.938. The third-order valence-electron chi connectivity index (χ3n) is 2.98. The lowest BCUT2D eigenvalue weighted by Gasteiger charge is -2.12. The Balaban J connectivity index is 2.55. The highest BCUT2D eigenvalue weighted by molar-refractivity contribution is 5.88. The van der Waals surface area contributed by atoms with Crippen LogP contribution in [0.4, 0.5) is 0 Å². The zero-order chi connectivity index (χ0) is 15.6. The van der Waals surface area contributed by atoms with E-state index in [0.717, 1.165) is 0 Å². The fraction of sp³-hybridized carbons (Fsp3) is 0.250. The highest BCUT2D eigenvalue weighted by atomic mass is 16.5. The SMILES string of the molecule is Cc1ccn(-c2cccc(OC(C)C)c2)c(=O)c1C(=O)O. The van der Waals surface area contributed by atoms with Gasteiger partial charge in [-0.25, -0.2) is 4.79 Å². The van der Waals surface area contributed by atoms with E-state index in [1.165, 1.54) is 4.57 Å². The molecule has 0 aliphatic carbocycles. The van der Waals surface area contributed by atoms with E-state index in [9.17, 15) is 9.59 Å². The van der Waals surface area contributed by atoms with Gasteiger partial charge in [0.15, 0.2) is 0 Å². The number of aromatic carboxylic acids is 1. The van der Waals surface area contributed by atoms with Crippen LogP contribution >= 0.6 is 0 Å². The standard InChI is InChI=1S/C16H17NO4/c1-10(2)21-13-6-4-5-12(9-13)17-8-7-11(3)14(15(17)18)16(19)20/h4-10H,1-3H3,(H,19,20). The van der Waals surface area contributed by atoms with Crippen molar-refractivity contribution in [2.45, 2.75) is 26.9 Å². The summed E-state index contributed by atoms with van der Waals surface area (Å²) >= 11 is 0. The number of nitrogens with zero attached hydrogens (tertiary/aromatic N) is 1. The zero-order valence-corrected chi connectivity index (χ0v) is 12.2. The van der Waals surface area contributed by atoms with Crippen molar-refractivity contribution in [3.63, 3.8) is 0 Å². The summed E-state index contributed by atoms with van der Waals surface area (Å²) in [6, 6.07) is 8.61. The lowest BCUT2D eigenvalue weighted by Crippen LogP contribution is -2.26. The molecule has 1 aromatic carbocycles. The van der Waals surface area contributed by atoms with Crippen molar-refractivity contribution in [3.8, 4) is 11.4 Å². The van der Waals surface area contributed by atoms with Gasteiger partial charge in [0.2, 0.25) is 0 Å². The van der Waals surface area contributed by atoms with Gasteiger partial charge in [-0.3, -0.25) is 9.36 Å². The van der Waals surface area contributed by atoms with E-state index in [-0.39, 0.29) is 11.7 Å². The Labute approximate surface area is 122 Å². The van der Waals surface area contributed by atoms with E-state index in [1.54, 1.807) is 43.5 Å². The number of hydrogen-bond donors (Lipinski definition) is 1. The minimum atomic E-state index is -1.22. The molecule has 21 heavy (non-hydrogen) atoms. The number of benzene rings is 1. The molecule has 0 radical (unpaired) electrons. The van der Waals surface area contributed by atoms with Crippen molar-refractivity contribution in [1.29, 1.82) is 0 Å². The summed E-state index contributed by atoms with van der Waals surface area (Å²) in [7, 11) is 0. The average molecular weight is 287 g/mol. The Bertz CT molecular complexity index is 731. The van der Waals surface area contributed by atoms with Crippen molar-refractivity contribution >= 4 is 5.97 Å². The fourth-order valence-corrected chi connectivity index (χ4v) is 2.07. The number of pyridine rings is 1. The molecule has 0 unspecified atom stereocenters. The van der Waals surface area contributed by atoms with Crippen molar-refractivity contribution in [2.75, 3.05) is 0 Å². The first-order valence-corrected chi connectivity index (χ1v) is 6.63. The number of carboxylic acid groups (broad SMARTS) is 1. The number of ether oxygens (including phenoxy) is 1. The molecule has 2 rings (SSSR count). The highest BCUT2D eigenvalue weighted by Gasteiger charge is 2.15. The highest BCUT2D eigenvalue weighted by Crippen LogP contribution is 2.17. The predicted molar refractivity (Wildman–Crippen MR) is 79.5 cm³/mol. The van der Waals surface area contributed by atoms with Crippen molar-refractivity contribution < 1.29 is 14.6 Å². The third kappa shape index (κ3) is 3.13. The molecule has 0 saturated carbocycles. The summed E-state index contributed by atoms with van der Waals surface area (Å²) in [5, 5.41) is 9.15. The molecule has 0 fully saturated rings. The molecular weight excluding hydrogens is 270 g/mol. The minimum Gasteiger partial charge on any atom is -0.491 e. The smallest absolute Gasteiger partial charge is 0.341 e. The van der Waals surface area contributed by atoms with E-state index in [4.69, 9.17) is 9.84 Å². The van der Waals surface area contributed by atoms with Gasteiger partial charge < -0.3 is 9.84 Å². The van der Waals surface area contributed by atoms with Gasteiger partial charge in [-0.15, -0.1) is 0 Å². The first kappa shape index (κ1) is 14.8. The van der Waals surface area contributed by atoms with E-state index in [0.29, 0.717) is 17.0 Å². The summed E-state index contributed by atoms with van der Waals surface area (Å²) in [5.41, 5.74) is 0.246. The largest absolute Gasteiger partial charge is 0.491 e. The van der Waals surface area contributed by atoms with Crippen LogP contribution in [0, 0.1) is 6.92 Å². The molecule has 0 saturated heterocycles. The Morgan fingerprint density at radius 1 is 1.29 bits per heavy atom. The molecule has 0 atom stereocenters. The lowest BCUT2D eigenvalue weighted by molar-refractivity contribution is 0.0693. The van der Waals surface area contributed by atoms with E-state index in [1.807, 2.05) is 13.8 Å². The molecule has 5 nitrogen and oxygen atoms in total. The number of aryl methyl sites for hydroxylation is 1. The fourth-order valence-electron chi connectivity index (χ4n) is 2.07. The number of hydrogen-bond acceptors (Lipinski definition) is 3. The Morgan fingerprint density at radius 2 is 2.00 bits per heavy atom. The summed E-state index contributed by atoms with van der Waals surface area (Å²) < 4.78 is 6.90. The van der Waals surface area contributed by atoms with Crippen LogP contribution in [0.25, 0.3) is 5.69 Å². The molecule has 0 amide bonds. The van der Waals surface area contributed by atoms with Crippen molar-refractivity contribution in [3.05, 3.63) is 58.0 Å². The van der Waals surface area contributed by atoms with Gasteiger partial charge >= 0.3 is 5.97 Å². The molecule has 0 spiro atoms. The Morgan fingerprint density at radius 3 is 2.62 bits per heavy atom. The first-order valence-electron chi connectivity index (χ1n) is 6.63. The monoisotopic (exact) mass is 287 g/mol. The van der Waals surface area contributed by atoms with Gasteiger partial charge in [0.25, 0.3) is 5.56 Å². The normalized spacial score (nSPS) is 10.7. The van der Waals surface area contributed by atoms with Gasteiger partial charge in [-0.2, -0.15) is 0 Å². The number of carboxylic acids is 1. The molecular formula is C16H17NO4. The number of carbonyl (C=O) groups is 1. The maximum Gasteiger partial charge on any atom is 0.341 e. The zero-order valence-electron chi connectivity index (χ0n) is 12.2. The van der Waals surface area contributed by atoms with Crippen LogP contribution in [0.1, 0.15) is 29.8 Å². The summed E-state index contributed by atoms with van der Waals surface area (Å²) in [6.07, 6.45) is 1.59. The predicted octanol–water partition coefficient (Wildman–Crippen LogP) is 2.63. The second kappa shape index (κ2) is 5.83. The van der Waals surface area contributed by atoms with E-state index in [2.05, 4.69) is 0 Å². The molecule has 0 aliphatic heterocycles. The second-order valence-corrected chi connectivity index (χ2v) is 5.02. The second-order valence-electron chi connectivity index (χ2n) is 5.02. The Kier molecular flexibility index (Phi) is 4.12. The maximum absolute atomic E-state index is 12.3. The molecule has 110 valence electrons. The third-order valence-corrected chi connectivity index (χ3v) is 2.98. The summed E-state index contributed by atoms with van der Waals surface area (Å²) in [6.45, 7) is 5.42. The lowest BCUT2D eigenvalue weighted by atomic mass is 10.1. The van der Waals surface area contributed by atoms with Crippen LogP contribution in [0.15, 0.2) is 41.3 Å². The van der Waals surface area contributed by atoms with Gasteiger partial charge in [0, 0.05) is 12.3 Å². The number of rotatable bonds is 4. The Hall–Kier alpha value is -2.56. The van der Waals surface area contributed by atoms with Gasteiger partial charge in [-0.05, 0) is 44.5 Å². The summed E-state index contributed by atoms with van der Waals surface area (Å²) in [4.78, 5) is 23.5. The van der Waals surface area contributed by atoms with Gasteiger partial charge in [0.1, 0.15) is 11.3 Å². The molecule has 1 aromatic heterocycles. The van der Waals surface area contributed by atoms with Crippen LogP contribution in [-0.2, 0) is 0 Å². The minimum absolute atomic E-state index is 0.0181. The van der Waals surface area contributed by atoms with Gasteiger partial charge in [-0.1, -0.05) is 6.07 Å². The van der Waals surface area contributed by atoms with Crippen LogP contribution in [0.2, 0.25) is 0 Å². The molecule has 2 aromatic rings. The van der Waals surface area contributed by atoms with Gasteiger partial charge in [0.05, 0.1) is 11.8 Å².